The van der Waals surface area contributed by atoms with Gasteiger partial charge in [-0.15, -0.1) is 0 Å². The van der Waals surface area contributed by atoms with Crippen LogP contribution in [0.2, 0.25) is 0 Å². The van der Waals surface area contributed by atoms with Crippen LogP contribution in [-0.4, -0.2) is 25.7 Å². The Hall–Kier alpha value is -1.71. The monoisotopic (exact) mass is 198 g/mol. The number of carbonyl (C=O) groups excluding carboxylic acids is 3. The molecule has 0 unspecified atom stereocenters. The molecule has 0 atom stereocenters. The summed E-state index contributed by atoms with van der Waals surface area (Å²) >= 11 is 0. The molecule has 4 nitrogen and oxygen atoms in total. The highest BCUT2D eigenvalue weighted by atomic mass is 16.5. The molecule has 14 heavy (non-hydrogen) atoms. The first-order chi connectivity index (χ1) is 6.71. The number of carbonyl (C=O) groups is 3. The van der Waals surface area contributed by atoms with Crippen LogP contribution >= 0.6 is 0 Å². The Labute approximate surface area is 83.2 Å². The van der Waals surface area contributed by atoms with Gasteiger partial charge in [0.2, 0.25) is 0 Å². The molecule has 0 radical (unpaired) electrons. The second kappa shape index (κ2) is 9.38. The summed E-state index contributed by atoms with van der Waals surface area (Å²) in [6.45, 7) is 7.27. The lowest BCUT2D eigenvalue weighted by Crippen LogP contribution is -2.07. The molecule has 0 rings (SSSR count). The molecule has 0 aliphatic carbocycles. The van der Waals surface area contributed by atoms with Gasteiger partial charge in [0.05, 0.1) is 18.3 Å². The van der Waals surface area contributed by atoms with Crippen molar-refractivity contribution in [2.45, 2.75) is 13.8 Å². The van der Waals surface area contributed by atoms with Gasteiger partial charge in [-0.25, -0.2) is 4.79 Å². The summed E-state index contributed by atoms with van der Waals surface area (Å²) in [5.74, 6) is -0.751. The lowest BCUT2D eigenvalue weighted by atomic mass is 10.1. The lowest BCUT2D eigenvalue weighted by Gasteiger charge is -1.98. The predicted molar refractivity (Wildman–Crippen MR) is 52.7 cm³/mol. The van der Waals surface area contributed by atoms with Gasteiger partial charge >= 0.3 is 5.97 Å². The Morgan fingerprint density at radius 2 is 1.64 bits per heavy atom. The van der Waals surface area contributed by atoms with Crippen LogP contribution in [-0.2, 0) is 19.1 Å². The third-order valence-electron chi connectivity index (χ3n) is 1.17. The van der Waals surface area contributed by atoms with Gasteiger partial charge in [-0.05, 0) is 0 Å². The van der Waals surface area contributed by atoms with Gasteiger partial charge in [0.15, 0.2) is 12.6 Å². The first-order valence-electron chi connectivity index (χ1n) is 4.06. The van der Waals surface area contributed by atoms with Crippen LogP contribution in [0.25, 0.3) is 0 Å². The quantitative estimate of drug-likeness (QED) is 0.169. The zero-order valence-corrected chi connectivity index (χ0v) is 8.57. The molecule has 0 N–H and O–H groups in total. The second-order valence-electron chi connectivity index (χ2n) is 1.80. The van der Waals surface area contributed by atoms with Gasteiger partial charge in [0.25, 0.3) is 0 Å². The van der Waals surface area contributed by atoms with E-state index in [-0.39, 0.29) is 23.7 Å². The van der Waals surface area contributed by atoms with Crippen molar-refractivity contribution >= 4 is 18.5 Å². The molecule has 0 spiro atoms. The van der Waals surface area contributed by atoms with Crippen molar-refractivity contribution in [1.82, 2.24) is 0 Å². The van der Waals surface area contributed by atoms with Crippen LogP contribution in [0.4, 0.5) is 0 Å². The molecule has 0 aromatic heterocycles. The third-order valence-corrected chi connectivity index (χ3v) is 1.17. The van der Waals surface area contributed by atoms with Crippen molar-refractivity contribution in [1.29, 1.82) is 0 Å². The maximum atomic E-state index is 10.8. The topological polar surface area (TPSA) is 60.4 Å². The van der Waals surface area contributed by atoms with E-state index in [0.29, 0.717) is 0 Å². The number of hydrogen-bond acceptors (Lipinski definition) is 4. The van der Waals surface area contributed by atoms with Gasteiger partial charge in [-0.3, -0.25) is 9.59 Å². The smallest absolute Gasteiger partial charge is 0.338 e. The summed E-state index contributed by atoms with van der Waals surface area (Å²) in [6, 6.07) is 0. The third kappa shape index (κ3) is 4.35. The van der Waals surface area contributed by atoms with Crippen LogP contribution < -0.4 is 0 Å². The minimum absolute atomic E-state index is 0.123. The maximum Gasteiger partial charge on any atom is 0.338 e. The van der Waals surface area contributed by atoms with Gasteiger partial charge in [0.1, 0.15) is 0 Å². The Balaban J connectivity index is 0. The first-order valence-corrected chi connectivity index (χ1v) is 4.06. The second-order valence-corrected chi connectivity index (χ2v) is 1.80. The van der Waals surface area contributed by atoms with Gasteiger partial charge < -0.3 is 4.74 Å². The number of hydrogen-bond donors (Lipinski definition) is 0. The summed E-state index contributed by atoms with van der Waals surface area (Å²) in [5, 5.41) is 0. The summed E-state index contributed by atoms with van der Waals surface area (Å²) in [4.78, 5) is 31.3. The summed E-state index contributed by atoms with van der Waals surface area (Å²) in [5.41, 5.74) is -0.389. The number of aldehydes is 2. The van der Waals surface area contributed by atoms with Crippen LogP contribution in [0.3, 0.4) is 0 Å². The minimum Gasteiger partial charge on any atom is -0.465 e. The van der Waals surface area contributed by atoms with E-state index in [1.165, 1.54) is 0 Å². The maximum absolute atomic E-state index is 10.8. The fourth-order valence-electron chi connectivity index (χ4n) is 0.584. The van der Waals surface area contributed by atoms with E-state index in [1.54, 1.807) is 0 Å². The molecular weight excluding hydrogens is 184 g/mol. The highest BCUT2D eigenvalue weighted by molar-refractivity contribution is 6.09. The SMILES string of the molecule is C=CC(C(=O)OC)=C(C=O)C=O.CC. The first kappa shape index (κ1) is 14.8. The van der Waals surface area contributed by atoms with Crippen molar-refractivity contribution in [3.8, 4) is 0 Å². The van der Waals surface area contributed by atoms with Crippen molar-refractivity contribution < 1.29 is 19.1 Å². The standard InChI is InChI=1S/C8H8O4.C2H6/c1-3-7(8(11)12-2)6(4-9)5-10;1-2/h3-5H,1H2,2H3;1-2H3. The molecule has 0 aliphatic heterocycles. The van der Waals surface area contributed by atoms with Crippen LogP contribution in [0, 0.1) is 0 Å². The van der Waals surface area contributed by atoms with E-state index in [4.69, 9.17) is 0 Å². The number of ether oxygens (including phenoxy) is 1. The number of allylic oxidation sites excluding steroid dienone is 1. The van der Waals surface area contributed by atoms with Crippen LogP contribution in [0.5, 0.6) is 0 Å². The van der Waals surface area contributed by atoms with Gasteiger partial charge in [0, 0.05) is 0 Å². The summed E-state index contributed by atoms with van der Waals surface area (Å²) in [7, 11) is 1.15. The highest BCUT2D eigenvalue weighted by Gasteiger charge is 2.10. The lowest BCUT2D eigenvalue weighted by molar-refractivity contribution is -0.136. The molecule has 78 valence electrons. The Morgan fingerprint density at radius 3 is 1.86 bits per heavy atom. The molecule has 0 saturated carbocycles. The highest BCUT2D eigenvalue weighted by Crippen LogP contribution is 2.03. The molecule has 0 heterocycles. The van der Waals surface area contributed by atoms with Crippen molar-refractivity contribution in [2.24, 2.45) is 0 Å². The van der Waals surface area contributed by atoms with Crippen molar-refractivity contribution in [3.05, 3.63) is 23.8 Å². The largest absolute Gasteiger partial charge is 0.465 e. The normalized spacial score (nSPS) is 7.36. The minimum atomic E-state index is -0.751. The molecule has 0 fully saturated rings. The van der Waals surface area contributed by atoms with E-state index < -0.39 is 5.97 Å². The molecule has 0 amide bonds. The summed E-state index contributed by atoms with van der Waals surface area (Å²) < 4.78 is 4.30. The van der Waals surface area contributed by atoms with E-state index in [9.17, 15) is 14.4 Å². The summed E-state index contributed by atoms with van der Waals surface area (Å²) in [6.07, 6.45) is 1.66. The molecule has 0 aromatic rings. The Kier molecular flexibility index (Phi) is 9.91. The molecule has 0 aromatic carbocycles. The molecule has 4 heteroatoms. The van der Waals surface area contributed by atoms with E-state index in [1.807, 2.05) is 13.8 Å². The van der Waals surface area contributed by atoms with E-state index in [0.717, 1.165) is 13.2 Å². The van der Waals surface area contributed by atoms with Gasteiger partial charge in [-0.1, -0.05) is 26.5 Å². The molecule has 0 aliphatic rings. The zero-order valence-electron chi connectivity index (χ0n) is 8.57. The zero-order chi connectivity index (χ0) is 11.6. The Morgan fingerprint density at radius 1 is 1.21 bits per heavy atom. The number of rotatable bonds is 4. The van der Waals surface area contributed by atoms with Gasteiger partial charge in [-0.2, -0.15) is 0 Å². The Bertz CT molecular complexity index is 241. The van der Waals surface area contributed by atoms with Crippen LogP contribution in [0.15, 0.2) is 23.8 Å². The fraction of sp³-hybridized carbons (Fsp3) is 0.300. The molecule has 0 bridgehead atoms. The van der Waals surface area contributed by atoms with E-state index >= 15 is 0 Å². The average molecular weight is 198 g/mol. The number of esters is 1. The molecule has 0 saturated heterocycles. The van der Waals surface area contributed by atoms with Crippen molar-refractivity contribution in [3.63, 3.8) is 0 Å². The number of methoxy groups -OCH3 is 1. The van der Waals surface area contributed by atoms with Crippen molar-refractivity contribution in [2.75, 3.05) is 7.11 Å². The average Bonchev–Trinajstić information content (AvgIpc) is 2.27. The van der Waals surface area contributed by atoms with Crippen LogP contribution in [0.1, 0.15) is 13.8 Å². The molecular formula is C10H14O4. The van der Waals surface area contributed by atoms with E-state index in [2.05, 4.69) is 11.3 Å². The predicted octanol–water partition coefficient (Wildman–Crippen LogP) is 1.07. The fourth-order valence-corrected chi connectivity index (χ4v) is 0.584.